The number of nitrogens with two attached hydrogens (primary N) is 1. The molecule has 0 aliphatic rings. The summed E-state index contributed by atoms with van der Waals surface area (Å²) in [6, 6.07) is 7.84. The van der Waals surface area contributed by atoms with Crippen LogP contribution in [0.5, 0.6) is 0 Å². The van der Waals surface area contributed by atoms with E-state index in [0.29, 0.717) is 12.2 Å². The number of rotatable bonds is 5. The summed E-state index contributed by atoms with van der Waals surface area (Å²) in [4.78, 5) is 0.922. The summed E-state index contributed by atoms with van der Waals surface area (Å²) in [5, 5.41) is 4.95. The summed E-state index contributed by atoms with van der Waals surface area (Å²) in [7, 11) is 0. The molecule has 1 aromatic heterocycles. The number of thiocarbonyl (C=S) groups is 1. The fraction of sp³-hybridized carbons (Fsp3) is 0.214. The Balaban J connectivity index is 2.12. The van der Waals surface area contributed by atoms with Crippen molar-refractivity contribution in [3.63, 3.8) is 0 Å². The van der Waals surface area contributed by atoms with Gasteiger partial charge in [-0.05, 0) is 36.1 Å². The maximum Gasteiger partial charge on any atom is 0.417 e. The maximum atomic E-state index is 13.0. The van der Waals surface area contributed by atoms with E-state index in [9.17, 15) is 13.2 Å². The van der Waals surface area contributed by atoms with Crippen LogP contribution in [0.4, 0.5) is 18.9 Å². The van der Waals surface area contributed by atoms with Crippen LogP contribution >= 0.6 is 23.6 Å². The van der Waals surface area contributed by atoms with Gasteiger partial charge in [-0.25, -0.2) is 0 Å². The zero-order chi connectivity index (χ0) is 15.5. The van der Waals surface area contributed by atoms with Crippen LogP contribution in [0.15, 0.2) is 35.7 Å². The molecule has 0 saturated heterocycles. The van der Waals surface area contributed by atoms with Gasteiger partial charge in [0.15, 0.2) is 0 Å². The van der Waals surface area contributed by atoms with Gasteiger partial charge in [0.05, 0.1) is 5.56 Å². The molecule has 2 rings (SSSR count). The largest absolute Gasteiger partial charge is 0.417 e. The maximum absolute atomic E-state index is 13.0. The van der Waals surface area contributed by atoms with E-state index in [2.05, 4.69) is 17.5 Å². The fourth-order valence-corrected chi connectivity index (χ4v) is 2.78. The van der Waals surface area contributed by atoms with E-state index in [1.165, 1.54) is 10.9 Å². The number of hydrogen-bond acceptors (Lipinski definition) is 3. The second-order valence-corrected chi connectivity index (χ2v) is 5.85. The molecule has 0 aliphatic heterocycles. The SMILES string of the molecule is NC(=S)c1ccc(NCCc2cccs2)cc1C(F)(F)F. The monoisotopic (exact) mass is 330 g/mol. The molecular weight excluding hydrogens is 317 g/mol. The molecule has 0 unspecified atom stereocenters. The van der Waals surface area contributed by atoms with Crippen LogP contribution in [0.3, 0.4) is 0 Å². The summed E-state index contributed by atoms with van der Waals surface area (Å²) in [6.45, 7) is 0.560. The van der Waals surface area contributed by atoms with Crippen LogP contribution in [-0.2, 0) is 12.6 Å². The van der Waals surface area contributed by atoms with E-state index >= 15 is 0 Å². The molecule has 0 radical (unpaired) electrons. The summed E-state index contributed by atoms with van der Waals surface area (Å²) >= 11 is 6.28. The summed E-state index contributed by atoms with van der Waals surface area (Å²) < 4.78 is 39.0. The van der Waals surface area contributed by atoms with Crippen molar-refractivity contribution in [3.8, 4) is 0 Å². The minimum Gasteiger partial charge on any atom is -0.389 e. The molecule has 0 aliphatic carbocycles. The lowest BCUT2D eigenvalue weighted by atomic mass is 10.1. The highest BCUT2D eigenvalue weighted by Crippen LogP contribution is 2.33. The van der Waals surface area contributed by atoms with E-state index in [1.54, 1.807) is 17.4 Å². The quantitative estimate of drug-likeness (QED) is 0.812. The van der Waals surface area contributed by atoms with Gasteiger partial charge in [0, 0.05) is 22.7 Å². The molecule has 2 nitrogen and oxygen atoms in total. The second-order valence-electron chi connectivity index (χ2n) is 4.38. The van der Waals surface area contributed by atoms with Crippen molar-refractivity contribution in [2.75, 3.05) is 11.9 Å². The predicted octanol–water partition coefficient (Wildman–Crippen LogP) is 4.06. The first kappa shape index (κ1) is 15.8. The number of alkyl halides is 3. The van der Waals surface area contributed by atoms with Gasteiger partial charge in [0.25, 0.3) is 0 Å². The summed E-state index contributed by atoms with van der Waals surface area (Å²) in [5.41, 5.74) is 4.78. The highest BCUT2D eigenvalue weighted by molar-refractivity contribution is 7.80. The van der Waals surface area contributed by atoms with Gasteiger partial charge < -0.3 is 11.1 Å². The van der Waals surface area contributed by atoms with Gasteiger partial charge >= 0.3 is 6.18 Å². The third-order valence-corrected chi connectivity index (χ3v) is 4.03. The summed E-state index contributed by atoms with van der Waals surface area (Å²) in [6.07, 6.45) is -3.72. The molecular formula is C14H13F3N2S2. The molecule has 1 aromatic carbocycles. The lowest BCUT2D eigenvalue weighted by Crippen LogP contribution is -2.18. The van der Waals surface area contributed by atoms with Crippen LogP contribution in [0.1, 0.15) is 16.0 Å². The fourth-order valence-electron chi connectivity index (χ4n) is 1.89. The van der Waals surface area contributed by atoms with E-state index in [1.807, 2.05) is 17.5 Å². The smallest absolute Gasteiger partial charge is 0.389 e. The van der Waals surface area contributed by atoms with Crippen LogP contribution in [-0.4, -0.2) is 11.5 Å². The van der Waals surface area contributed by atoms with Gasteiger partial charge in [-0.1, -0.05) is 18.3 Å². The highest BCUT2D eigenvalue weighted by Gasteiger charge is 2.34. The van der Waals surface area contributed by atoms with Gasteiger partial charge in [0.2, 0.25) is 0 Å². The van der Waals surface area contributed by atoms with E-state index in [4.69, 9.17) is 5.73 Å². The minimum atomic E-state index is -4.48. The van der Waals surface area contributed by atoms with Crippen molar-refractivity contribution < 1.29 is 13.2 Å². The Morgan fingerprint density at radius 1 is 1.29 bits per heavy atom. The van der Waals surface area contributed by atoms with Crippen molar-refractivity contribution in [2.45, 2.75) is 12.6 Å². The molecule has 3 N–H and O–H groups in total. The first-order valence-corrected chi connectivity index (χ1v) is 7.44. The van der Waals surface area contributed by atoms with Crippen molar-refractivity contribution in [1.29, 1.82) is 0 Å². The number of nitrogens with one attached hydrogen (secondary N) is 1. The van der Waals surface area contributed by atoms with E-state index in [0.717, 1.165) is 12.5 Å². The standard InChI is InChI=1S/C14H13F3N2S2/c15-14(16,17)12-8-9(3-4-11(12)13(18)20)19-6-5-10-2-1-7-21-10/h1-4,7-8,19H,5-6H2,(H2,18,20). The van der Waals surface area contributed by atoms with Gasteiger partial charge in [-0.15, -0.1) is 11.3 Å². The Morgan fingerprint density at radius 2 is 2.05 bits per heavy atom. The molecule has 0 atom stereocenters. The van der Waals surface area contributed by atoms with Crippen molar-refractivity contribution >= 4 is 34.2 Å². The molecule has 0 fully saturated rings. The molecule has 21 heavy (non-hydrogen) atoms. The Labute approximate surface area is 129 Å². The van der Waals surface area contributed by atoms with Crippen LogP contribution in [0.25, 0.3) is 0 Å². The molecule has 1 heterocycles. The van der Waals surface area contributed by atoms with Crippen LogP contribution in [0.2, 0.25) is 0 Å². The normalized spacial score (nSPS) is 11.4. The summed E-state index contributed by atoms with van der Waals surface area (Å²) in [5.74, 6) is 0. The Hall–Kier alpha value is -1.60. The molecule has 2 aromatic rings. The average molecular weight is 330 g/mol. The van der Waals surface area contributed by atoms with Crippen molar-refractivity contribution in [2.24, 2.45) is 5.73 Å². The molecule has 0 spiro atoms. The topological polar surface area (TPSA) is 38.0 Å². The average Bonchev–Trinajstić information content (AvgIpc) is 2.90. The number of anilines is 1. The third kappa shape index (κ3) is 4.18. The molecule has 112 valence electrons. The van der Waals surface area contributed by atoms with Crippen molar-refractivity contribution in [3.05, 3.63) is 51.7 Å². The highest BCUT2D eigenvalue weighted by atomic mass is 32.1. The van der Waals surface area contributed by atoms with E-state index in [-0.39, 0.29) is 10.6 Å². The first-order valence-electron chi connectivity index (χ1n) is 6.15. The van der Waals surface area contributed by atoms with Gasteiger partial charge in [-0.3, -0.25) is 0 Å². The van der Waals surface area contributed by atoms with E-state index < -0.39 is 11.7 Å². The zero-order valence-electron chi connectivity index (χ0n) is 10.9. The first-order chi connectivity index (χ1) is 9.88. The van der Waals surface area contributed by atoms with Crippen LogP contribution < -0.4 is 11.1 Å². The molecule has 0 bridgehead atoms. The number of thiophene rings is 1. The zero-order valence-corrected chi connectivity index (χ0v) is 12.5. The third-order valence-electron chi connectivity index (χ3n) is 2.87. The molecule has 0 amide bonds. The number of halogens is 3. The lowest BCUT2D eigenvalue weighted by Gasteiger charge is -2.14. The lowest BCUT2D eigenvalue weighted by molar-refractivity contribution is -0.137. The Morgan fingerprint density at radius 3 is 2.62 bits per heavy atom. The molecule has 7 heteroatoms. The van der Waals surface area contributed by atoms with Gasteiger partial charge in [0.1, 0.15) is 4.99 Å². The second kappa shape index (κ2) is 6.44. The Bertz CT molecular complexity index is 622. The predicted molar refractivity (Wildman–Crippen MR) is 83.8 cm³/mol. The van der Waals surface area contributed by atoms with Crippen LogP contribution in [0, 0.1) is 0 Å². The van der Waals surface area contributed by atoms with Crippen molar-refractivity contribution in [1.82, 2.24) is 0 Å². The number of benzene rings is 1. The Kier molecular flexibility index (Phi) is 4.84. The number of hydrogen-bond donors (Lipinski definition) is 2. The van der Waals surface area contributed by atoms with Gasteiger partial charge in [-0.2, -0.15) is 13.2 Å². The molecule has 0 saturated carbocycles. The minimum absolute atomic E-state index is 0.152.